The summed E-state index contributed by atoms with van der Waals surface area (Å²) in [4.78, 5) is 38.5. The third-order valence-electron chi connectivity index (χ3n) is 5.30. The van der Waals surface area contributed by atoms with Gasteiger partial charge in [0.15, 0.2) is 19.0 Å². The molecule has 30 heavy (non-hydrogen) atoms. The van der Waals surface area contributed by atoms with Crippen molar-refractivity contribution in [3.63, 3.8) is 0 Å². The van der Waals surface area contributed by atoms with Crippen molar-refractivity contribution in [2.24, 2.45) is 5.92 Å². The minimum absolute atomic E-state index is 0.0111. The summed E-state index contributed by atoms with van der Waals surface area (Å²) in [6, 6.07) is 12.1. The minimum Gasteiger partial charge on any atom is -0.482 e. The zero-order valence-electron chi connectivity index (χ0n) is 16.2. The van der Waals surface area contributed by atoms with Crippen LogP contribution >= 0.6 is 11.6 Å². The van der Waals surface area contributed by atoms with Crippen LogP contribution in [0, 0.1) is 5.92 Å². The molecule has 7 nitrogen and oxygen atoms in total. The standard InChI is InChI=1S/C22H21ClN2O5/c23-16-3-1-2-4-18(16)30-13-21(27)25-9-7-14(8-10-25)22(28)15-5-6-19-17(11-15)24-20(26)12-29-19/h1-6,11,14H,7-10,12-13H2,(H,24,26). The molecule has 0 aliphatic carbocycles. The van der Waals surface area contributed by atoms with Crippen molar-refractivity contribution in [3.05, 3.63) is 53.1 Å². The van der Waals surface area contributed by atoms with Crippen molar-refractivity contribution < 1.29 is 23.9 Å². The van der Waals surface area contributed by atoms with Crippen molar-refractivity contribution in [2.75, 3.05) is 31.6 Å². The van der Waals surface area contributed by atoms with Crippen LogP contribution < -0.4 is 14.8 Å². The van der Waals surface area contributed by atoms with Crippen LogP contribution in [0.4, 0.5) is 5.69 Å². The smallest absolute Gasteiger partial charge is 0.262 e. The number of ether oxygens (including phenoxy) is 2. The van der Waals surface area contributed by atoms with Gasteiger partial charge in [-0.05, 0) is 43.2 Å². The average molecular weight is 429 g/mol. The molecule has 0 aromatic heterocycles. The Morgan fingerprint density at radius 2 is 1.93 bits per heavy atom. The number of anilines is 1. The fraction of sp³-hybridized carbons (Fsp3) is 0.318. The fourth-order valence-corrected chi connectivity index (χ4v) is 3.85. The molecule has 0 saturated carbocycles. The molecule has 2 aromatic carbocycles. The number of amides is 2. The maximum Gasteiger partial charge on any atom is 0.262 e. The minimum atomic E-state index is -0.238. The van der Waals surface area contributed by atoms with E-state index in [1.807, 2.05) is 0 Å². The Hall–Kier alpha value is -3.06. The highest BCUT2D eigenvalue weighted by atomic mass is 35.5. The highest BCUT2D eigenvalue weighted by Gasteiger charge is 2.29. The number of carbonyl (C=O) groups is 3. The number of hydrogen-bond acceptors (Lipinski definition) is 5. The normalized spacial score (nSPS) is 16.3. The second kappa shape index (κ2) is 8.75. The highest BCUT2D eigenvalue weighted by Crippen LogP contribution is 2.31. The molecule has 8 heteroatoms. The number of Topliss-reactive ketones (excluding diaryl/α,β-unsaturated/α-hetero) is 1. The molecule has 0 atom stereocenters. The van der Waals surface area contributed by atoms with Gasteiger partial charge in [0, 0.05) is 24.6 Å². The van der Waals surface area contributed by atoms with Crippen LogP contribution in [0.3, 0.4) is 0 Å². The van der Waals surface area contributed by atoms with E-state index in [0.717, 1.165) is 0 Å². The van der Waals surface area contributed by atoms with E-state index in [4.69, 9.17) is 21.1 Å². The van der Waals surface area contributed by atoms with E-state index in [1.54, 1.807) is 47.4 Å². The first kappa shape index (κ1) is 20.2. The van der Waals surface area contributed by atoms with E-state index >= 15 is 0 Å². The molecule has 2 aliphatic rings. The molecule has 2 amide bonds. The first-order valence-corrected chi connectivity index (χ1v) is 10.1. The van der Waals surface area contributed by atoms with E-state index in [-0.39, 0.29) is 36.7 Å². The van der Waals surface area contributed by atoms with Crippen LogP contribution in [0.15, 0.2) is 42.5 Å². The summed E-state index contributed by atoms with van der Waals surface area (Å²) in [6.45, 7) is 0.873. The Balaban J connectivity index is 1.31. The van der Waals surface area contributed by atoms with Gasteiger partial charge in [-0.3, -0.25) is 14.4 Å². The van der Waals surface area contributed by atoms with E-state index in [1.165, 1.54) is 0 Å². The molecule has 156 valence electrons. The van der Waals surface area contributed by atoms with Gasteiger partial charge in [-0.15, -0.1) is 0 Å². The number of carbonyl (C=O) groups excluding carboxylic acids is 3. The summed E-state index contributed by atoms with van der Waals surface area (Å²) in [5.41, 5.74) is 1.05. The molecule has 0 unspecified atom stereocenters. The number of nitrogens with zero attached hydrogens (tertiary/aromatic N) is 1. The van der Waals surface area contributed by atoms with Gasteiger partial charge in [-0.25, -0.2) is 0 Å². The number of para-hydroxylation sites is 1. The van der Waals surface area contributed by atoms with Crippen LogP contribution in [0.5, 0.6) is 11.5 Å². The third kappa shape index (κ3) is 4.41. The molecule has 4 rings (SSSR count). The second-order valence-electron chi connectivity index (χ2n) is 7.29. The average Bonchev–Trinajstić information content (AvgIpc) is 2.77. The molecular weight excluding hydrogens is 408 g/mol. The third-order valence-corrected chi connectivity index (χ3v) is 5.62. The van der Waals surface area contributed by atoms with Gasteiger partial charge >= 0.3 is 0 Å². The molecule has 1 N–H and O–H groups in total. The summed E-state index contributed by atoms with van der Waals surface area (Å²) in [5.74, 6) is 0.507. The van der Waals surface area contributed by atoms with Crippen molar-refractivity contribution >= 4 is 34.9 Å². The Bertz CT molecular complexity index is 985. The number of nitrogens with one attached hydrogen (secondary N) is 1. The number of likely N-dealkylation sites (tertiary alicyclic amines) is 1. The molecule has 2 aromatic rings. The van der Waals surface area contributed by atoms with Crippen molar-refractivity contribution in [2.45, 2.75) is 12.8 Å². The van der Waals surface area contributed by atoms with Gasteiger partial charge in [0.25, 0.3) is 11.8 Å². The van der Waals surface area contributed by atoms with Crippen molar-refractivity contribution in [3.8, 4) is 11.5 Å². The monoisotopic (exact) mass is 428 g/mol. The molecule has 1 fully saturated rings. The lowest BCUT2D eigenvalue weighted by Crippen LogP contribution is -2.42. The summed E-state index contributed by atoms with van der Waals surface area (Å²) in [5, 5.41) is 3.18. The zero-order valence-corrected chi connectivity index (χ0v) is 17.0. The van der Waals surface area contributed by atoms with Crippen LogP contribution in [-0.2, 0) is 9.59 Å². The van der Waals surface area contributed by atoms with Crippen LogP contribution in [0.25, 0.3) is 0 Å². The van der Waals surface area contributed by atoms with Gasteiger partial charge in [0.2, 0.25) is 0 Å². The maximum absolute atomic E-state index is 12.9. The molecule has 0 bridgehead atoms. The SMILES string of the molecule is O=C1COc2ccc(C(=O)C3CCN(C(=O)COc4ccccc4Cl)CC3)cc2N1. The summed E-state index contributed by atoms with van der Waals surface area (Å²) >= 11 is 6.04. The van der Waals surface area contributed by atoms with Crippen LogP contribution in [0.2, 0.25) is 5.02 Å². The second-order valence-corrected chi connectivity index (χ2v) is 7.69. The van der Waals surface area contributed by atoms with Gasteiger partial charge in [0.1, 0.15) is 11.5 Å². The van der Waals surface area contributed by atoms with Gasteiger partial charge < -0.3 is 19.7 Å². The Morgan fingerprint density at radius 1 is 1.17 bits per heavy atom. The lowest BCUT2D eigenvalue weighted by molar-refractivity contribution is -0.134. The predicted molar refractivity (Wildman–Crippen MR) is 111 cm³/mol. The van der Waals surface area contributed by atoms with E-state index < -0.39 is 0 Å². The van der Waals surface area contributed by atoms with E-state index in [2.05, 4.69) is 5.32 Å². The topological polar surface area (TPSA) is 84.9 Å². The van der Waals surface area contributed by atoms with Gasteiger partial charge in [-0.2, -0.15) is 0 Å². The largest absolute Gasteiger partial charge is 0.482 e. The van der Waals surface area contributed by atoms with Crippen LogP contribution in [0.1, 0.15) is 23.2 Å². The molecule has 2 heterocycles. The number of rotatable bonds is 5. The van der Waals surface area contributed by atoms with Crippen molar-refractivity contribution in [1.29, 1.82) is 0 Å². The van der Waals surface area contributed by atoms with E-state index in [9.17, 15) is 14.4 Å². The Morgan fingerprint density at radius 3 is 2.70 bits per heavy atom. The Labute approximate surface area is 178 Å². The molecular formula is C22H21ClN2O5. The first-order chi connectivity index (χ1) is 14.5. The quantitative estimate of drug-likeness (QED) is 0.739. The molecule has 1 saturated heterocycles. The lowest BCUT2D eigenvalue weighted by atomic mass is 9.88. The van der Waals surface area contributed by atoms with Gasteiger partial charge in [-0.1, -0.05) is 23.7 Å². The molecule has 2 aliphatic heterocycles. The zero-order chi connectivity index (χ0) is 21.1. The number of halogens is 1. The lowest BCUT2D eigenvalue weighted by Gasteiger charge is -2.31. The number of fused-ring (bicyclic) bond motifs is 1. The number of benzene rings is 2. The van der Waals surface area contributed by atoms with Crippen molar-refractivity contribution in [1.82, 2.24) is 4.90 Å². The number of hydrogen-bond donors (Lipinski definition) is 1. The fourth-order valence-electron chi connectivity index (χ4n) is 3.66. The van der Waals surface area contributed by atoms with Gasteiger partial charge in [0.05, 0.1) is 10.7 Å². The number of piperidine rings is 1. The van der Waals surface area contributed by atoms with E-state index in [0.29, 0.717) is 53.7 Å². The summed E-state index contributed by atoms with van der Waals surface area (Å²) in [6.07, 6.45) is 1.16. The maximum atomic E-state index is 12.9. The van der Waals surface area contributed by atoms with Crippen LogP contribution in [-0.4, -0.2) is 48.8 Å². The highest BCUT2D eigenvalue weighted by molar-refractivity contribution is 6.32. The summed E-state index contributed by atoms with van der Waals surface area (Å²) < 4.78 is 10.9. The predicted octanol–water partition coefficient (Wildman–Crippen LogP) is 3.17. The Kier molecular flexibility index (Phi) is 5.90. The summed E-state index contributed by atoms with van der Waals surface area (Å²) in [7, 11) is 0. The number of ketones is 1. The molecule has 0 radical (unpaired) electrons. The first-order valence-electron chi connectivity index (χ1n) is 9.77. The molecule has 0 spiro atoms.